The van der Waals surface area contributed by atoms with E-state index in [2.05, 4.69) is 31.0 Å². The second-order valence-electron chi connectivity index (χ2n) is 3.84. The zero-order chi connectivity index (χ0) is 12.0. The maximum Gasteiger partial charge on any atom is 0.217 e. The smallest absolute Gasteiger partial charge is 0.217 e. The van der Waals surface area contributed by atoms with Gasteiger partial charge in [-0.2, -0.15) is 0 Å². The van der Waals surface area contributed by atoms with E-state index < -0.39 is 12.0 Å². The molecule has 2 aromatic rings. The van der Waals surface area contributed by atoms with Crippen molar-refractivity contribution >= 4 is 15.9 Å². The van der Waals surface area contributed by atoms with Gasteiger partial charge in [0, 0.05) is 12.6 Å². The first kappa shape index (κ1) is 10.8. The van der Waals surface area contributed by atoms with Crippen LogP contribution in [-0.2, 0) is 0 Å². The molecule has 0 amide bonds. The van der Waals surface area contributed by atoms with Crippen molar-refractivity contribution in [3.8, 4) is 0 Å². The Balaban J connectivity index is 2.06. The summed E-state index contributed by atoms with van der Waals surface area (Å²) in [7, 11) is 0. The summed E-state index contributed by atoms with van der Waals surface area (Å²) in [5, 5.41) is 4.06. The van der Waals surface area contributed by atoms with Crippen LogP contribution in [0.4, 0.5) is 8.78 Å². The molecule has 0 fully saturated rings. The van der Waals surface area contributed by atoms with Crippen molar-refractivity contribution in [2.45, 2.75) is 18.6 Å². The van der Waals surface area contributed by atoms with Crippen molar-refractivity contribution in [2.24, 2.45) is 0 Å². The fraction of sp³-hybridized carbons (Fsp3) is 0.300. The lowest BCUT2D eigenvalue weighted by Crippen LogP contribution is -2.08. The van der Waals surface area contributed by atoms with E-state index >= 15 is 0 Å². The van der Waals surface area contributed by atoms with Crippen molar-refractivity contribution in [1.82, 2.24) is 19.7 Å². The Labute approximate surface area is 104 Å². The summed E-state index contributed by atoms with van der Waals surface area (Å²) in [6.45, 7) is 0. The SMILES string of the molecule is Fc1cncc([C@@H]2C[C@H](F)c3nc(Br)nn32)c1. The van der Waals surface area contributed by atoms with Gasteiger partial charge >= 0.3 is 0 Å². The fourth-order valence-electron chi connectivity index (χ4n) is 2.04. The Kier molecular flexibility index (Phi) is 2.43. The number of hydrogen-bond acceptors (Lipinski definition) is 3. The maximum absolute atomic E-state index is 13.7. The molecule has 88 valence electrons. The van der Waals surface area contributed by atoms with Crippen molar-refractivity contribution < 1.29 is 8.78 Å². The van der Waals surface area contributed by atoms with Crippen LogP contribution in [0.1, 0.15) is 30.0 Å². The van der Waals surface area contributed by atoms with Gasteiger partial charge in [-0.1, -0.05) is 0 Å². The van der Waals surface area contributed by atoms with E-state index in [1.54, 1.807) is 0 Å². The average molecular weight is 301 g/mol. The number of hydrogen-bond donors (Lipinski definition) is 0. The number of alkyl halides is 1. The first-order valence-corrected chi connectivity index (χ1v) is 5.81. The van der Waals surface area contributed by atoms with Gasteiger partial charge < -0.3 is 0 Å². The van der Waals surface area contributed by atoms with Crippen LogP contribution in [-0.4, -0.2) is 19.7 Å². The maximum atomic E-state index is 13.7. The number of rotatable bonds is 1. The van der Waals surface area contributed by atoms with E-state index in [0.29, 0.717) is 10.3 Å². The zero-order valence-corrected chi connectivity index (χ0v) is 10.1. The number of halogens is 3. The van der Waals surface area contributed by atoms with Crippen LogP contribution in [0.15, 0.2) is 23.2 Å². The van der Waals surface area contributed by atoms with Crippen molar-refractivity contribution in [3.63, 3.8) is 0 Å². The van der Waals surface area contributed by atoms with Gasteiger partial charge in [0.15, 0.2) is 12.0 Å². The van der Waals surface area contributed by atoms with Crippen molar-refractivity contribution in [1.29, 1.82) is 0 Å². The van der Waals surface area contributed by atoms with Gasteiger partial charge in [-0.05, 0) is 27.6 Å². The molecule has 0 bridgehead atoms. The largest absolute Gasteiger partial charge is 0.261 e. The van der Waals surface area contributed by atoms with E-state index in [-0.39, 0.29) is 18.3 Å². The van der Waals surface area contributed by atoms with Crippen LogP contribution in [0, 0.1) is 5.82 Å². The lowest BCUT2D eigenvalue weighted by atomic mass is 10.1. The molecule has 0 spiro atoms. The second kappa shape index (κ2) is 3.83. The summed E-state index contributed by atoms with van der Waals surface area (Å²) in [5.41, 5.74) is 0.601. The topological polar surface area (TPSA) is 43.6 Å². The molecular formula is C10H7BrF2N4. The minimum atomic E-state index is -1.18. The average Bonchev–Trinajstić information content (AvgIpc) is 2.79. The molecular weight excluding hydrogens is 294 g/mol. The third-order valence-electron chi connectivity index (χ3n) is 2.75. The Hall–Kier alpha value is -1.37. The highest BCUT2D eigenvalue weighted by Crippen LogP contribution is 2.39. The minimum Gasteiger partial charge on any atom is -0.261 e. The molecule has 2 aromatic heterocycles. The molecule has 4 nitrogen and oxygen atoms in total. The zero-order valence-electron chi connectivity index (χ0n) is 8.52. The standard InChI is InChI=1S/C10H7BrF2N4/c11-10-15-9-7(13)2-8(17(9)16-10)5-1-6(12)4-14-3-5/h1,3-4,7-8H,2H2/t7-,8-/m0/s1. The molecule has 0 radical (unpaired) electrons. The number of fused-ring (bicyclic) bond motifs is 1. The van der Waals surface area contributed by atoms with E-state index in [4.69, 9.17) is 0 Å². The lowest BCUT2D eigenvalue weighted by Gasteiger charge is -2.10. The number of aromatic nitrogens is 4. The Bertz CT molecular complexity index is 571. The number of nitrogens with zero attached hydrogens (tertiary/aromatic N) is 4. The quantitative estimate of drug-likeness (QED) is 0.813. The molecule has 0 unspecified atom stereocenters. The highest BCUT2D eigenvalue weighted by atomic mass is 79.9. The summed E-state index contributed by atoms with van der Waals surface area (Å²) in [5.74, 6) is -0.170. The van der Waals surface area contributed by atoms with Gasteiger partial charge in [0.2, 0.25) is 4.73 Å². The van der Waals surface area contributed by atoms with Crippen LogP contribution in [0.3, 0.4) is 0 Å². The van der Waals surface area contributed by atoms with Gasteiger partial charge in [-0.25, -0.2) is 18.4 Å². The summed E-state index contributed by atoms with van der Waals surface area (Å²) in [6.07, 6.45) is 1.67. The first-order chi connectivity index (χ1) is 8.15. The fourth-order valence-corrected chi connectivity index (χ4v) is 2.39. The van der Waals surface area contributed by atoms with Crippen LogP contribution in [0.5, 0.6) is 0 Å². The van der Waals surface area contributed by atoms with Gasteiger partial charge in [-0.3, -0.25) is 4.98 Å². The van der Waals surface area contributed by atoms with Gasteiger partial charge in [-0.15, -0.1) is 5.10 Å². The lowest BCUT2D eigenvalue weighted by molar-refractivity contribution is 0.328. The Morgan fingerprint density at radius 2 is 2.24 bits per heavy atom. The van der Waals surface area contributed by atoms with Crippen LogP contribution < -0.4 is 0 Å². The van der Waals surface area contributed by atoms with Crippen LogP contribution in [0.2, 0.25) is 0 Å². The van der Waals surface area contributed by atoms with Gasteiger partial charge in [0.05, 0.1) is 12.2 Å². The predicted octanol–water partition coefficient (Wildman–Crippen LogP) is 2.58. The molecule has 3 rings (SSSR count). The normalized spacial score (nSPS) is 22.8. The molecule has 0 N–H and O–H groups in total. The first-order valence-electron chi connectivity index (χ1n) is 5.01. The monoisotopic (exact) mass is 300 g/mol. The van der Waals surface area contributed by atoms with E-state index in [0.717, 1.165) is 6.20 Å². The third-order valence-corrected chi connectivity index (χ3v) is 3.08. The second-order valence-corrected chi connectivity index (χ2v) is 4.55. The predicted molar refractivity (Wildman–Crippen MR) is 58.5 cm³/mol. The summed E-state index contributed by atoms with van der Waals surface area (Å²) in [4.78, 5) is 7.71. The van der Waals surface area contributed by atoms with Crippen LogP contribution in [0.25, 0.3) is 0 Å². The highest BCUT2D eigenvalue weighted by Gasteiger charge is 2.35. The third kappa shape index (κ3) is 1.74. The van der Waals surface area contributed by atoms with Crippen molar-refractivity contribution in [3.05, 3.63) is 40.4 Å². The van der Waals surface area contributed by atoms with Gasteiger partial charge in [0.25, 0.3) is 0 Å². The van der Waals surface area contributed by atoms with Crippen LogP contribution >= 0.6 is 15.9 Å². The Morgan fingerprint density at radius 3 is 3.00 bits per heavy atom. The summed E-state index contributed by atoms with van der Waals surface area (Å²) >= 11 is 3.10. The Morgan fingerprint density at radius 1 is 1.41 bits per heavy atom. The molecule has 0 aliphatic carbocycles. The molecule has 1 aliphatic rings. The summed E-state index contributed by atoms with van der Waals surface area (Å²) < 4.78 is 28.6. The molecule has 3 heterocycles. The molecule has 1 aliphatic heterocycles. The molecule has 2 atom stereocenters. The number of pyridine rings is 1. The van der Waals surface area contributed by atoms with E-state index in [1.165, 1.54) is 16.9 Å². The van der Waals surface area contributed by atoms with E-state index in [9.17, 15) is 8.78 Å². The molecule has 17 heavy (non-hydrogen) atoms. The molecule has 7 heteroatoms. The summed E-state index contributed by atoms with van der Waals surface area (Å²) in [6, 6.07) is 0.997. The van der Waals surface area contributed by atoms with Crippen molar-refractivity contribution in [2.75, 3.05) is 0 Å². The molecule has 0 saturated heterocycles. The molecule has 0 aromatic carbocycles. The van der Waals surface area contributed by atoms with E-state index in [1.807, 2.05) is 0 Å². The highest BCUT2D eigenvalue weighted by molar-refractivity contribution is 9.10. The minimum absolute atomic E-state index is 0.216. The van der Waals surface area contributed by atoms with Gasteiger partial charge in [0.1, 0.15) is 5.82 Å². The molecule has 0 saturated carbocycles.